The minimum atomic E-state index is -1.14. The number of rotatable bonds is 5. The van der Waals surface area contributed by atoms with Crippen LogP contribution in [-0.2, 0) is 14.4 Å². The van der Waals surface area contributed by atoms with Gasteiger partial charge in [0.05, 0.1) is 30.6 Å². The van der Waals surface area contributed by atoms with Crippen LogP contribution in [0.5, 0.6) is 0 Å². The van der Waals surface area contributed by atoms with Crippen LogP contribution in [0.1, 0.15) is 26.2 Å². The molecule has 0 aromatic rings. The van der Waals surface area contributed by atoms with E-state index in [2.05, 4.69) is 0 Å². The highest BCUT2D eigenvalue weighted by atomic mass is 16.4. The molecule has 0 aliphatic carbocycles. The van der Waals surface area contributed by atoms with Crippen molar-refractivity contribution >= 4 is 23.6 Å². The lowest BCUT2D eigenvalue weighted by Gasteiger charge is -2.44. The molecular formula is C19H26N4O6. The molecule has 4 heterocycles. The molecule has 4 atom stereocenters. The fourth-order valence-electron chi connectivity index (χ4n) is 4.98. The molecule has 0 aromatic heterocycles. The zero-order valence-electron chi connectivity index (χ0n) is 16.2. The molecule has 4 aliphatic heterocycles. The quantitative estimate of drug-likeness (QED) is 0.256. The number of likely N-dealkylation sites (tertiary alicyclic amines) is 2. The van der Waals surface area contributed by atoms with Crippen LogP contribution in [0.15, 0.2) is 11.3 Å². The van der Waals surface area contributed by atoms with Crippen LogP contribution < -0.4 is 0 Å². The maximum atomic E-state index is 12.3. The summed E-state index contributed by atoms with van der Waals surface area (Å²) in [7, 11) is 0. The van der Waals surface area contributed by atoms with Crippen molar-refractivity contribution < 1.29 is 29.7 Å². The van der Waals surface area contributed by atoms with E-state index in [9.17, 15) is 29.7 Å². The van der Waals surface area contributed by atoms with Crippen molar-refractivity contribution in [3.8, 4) is 0 Å². The molecule has 3 saturated heterocycles. The number of fused-ring (bicyclic) bond motifs is 1. The maximum Gasteiger partial charge on any atom is 0.352 e. The Morgan fingerprint density at radius 1 is 1.24 bits per heavy atom. The van der Waals surface area contributed by atoms with Gasteiger partial charge in [0.25, 0.3) is 0 Å². The van der Waals surface area contributed by atoms with E-state index in [1.165, 1.54) is 9.80 Å². The van der Waals surface area contributed by atoms with Crippen LogP contribution in [0.4, 0.5) is 0 Å². The predicted octanol–water partition coefficient (Wildman–Crippen LogP) is -1.17. The summed E-state index contributed by atoms with van der Waals surface area (Å²) >= 11 is 0. The van der Waals surface area contributed by atoms with Crippen LogP contribution in [0, 0.1) is 17.2 Å². The number of aliphatic hydroxyl groups excluding tert-OH is 2. The SMILES string of the molecule is C[C@@H](O)[C@H]1C(=O)N2C(C(=O)O)=C([C@@H]3CCN(C(=N)CC(=O)N4CC(O)C4)C3)C[C@H]12. The summed E-state index contributed by atoms with van der Waals surface area (Å²) in [6.07, 6.45) is -0.260. The standard InChI is InChI=1S/C19H26N4O6/c1-9(24)16-13-4-12(17(19(28)29)23(13)18(16)27)10-2-3-21(6-10)14(20)5-15(26)22-7-11(25)8-22/h9-11,13,16,20,24-25H,2-8H2,1H3,(H,28,29)/t9-,10-,13-,16-/m1/s1. The number of carbonyl (C=O) groups excluding carboxylic acids is 2. The molecule has 4 N–H and O–H groups in total. The molecule has 0 radical (unpaired) electrons. The Kier molecular flexibility index (Phi) is 4.86. The summed E-state index contributed by atoms with van der Waals surface area (Å²) in [5, 5.41) is 37.1. The van der Waals surface area contributed by atoms with Crippen molar-refractivity contribution in [1.29, 1.82) is 5.41 Å². The van der Waals surface area contributed by atoms with Gasteiger partial charge in [-0.3, -0.25) is 15.0 Å². The number of carboxylic acids is 1. The second-order valence-electron chi connectivity index (χ2n) is 8.43. The highest BCUT2D eigenvalue weighted by Gasteiger charge is 2.57. The summed E-state index contributed by atoms with van der Waals surface area (Å²) in [6.45, 7) is 3.15. The smallest absolute Gasteiger partial charge is 0.352 e. The van der Waals surface area contributed by atoms with Gasteiger partial charge in [-0.2, -0.15) is 0 Å². The van der Waals surface area contributed by atoms with Crippen molar-refractivity contribution in [2.75, 3.05) is 26.2 Å². The van der Waals surface area contributed by atoms with Gasteiger partial charge in [-0.15, -0.1) is 0 Å². The van der Waals surface area contributed by atoms with Gasteiger partial charge < -0.3 is 30.0 Å². The third kappa shape index (κ3) is 3.20. The number of amidine groups is 1. The van der Waals surface area contributed by atoms with Gasteiger partial charge in [0.2, 0.25) is 11.8 Å². The number of hydrogen-bond donors (Lipinski definition) is 4. The number of aliphatic hydroxyl groups is 2. The highest BCUT2D eigenvalue weighted by Crippen LogP contribution is 2.47. The minimum Gasteiger partial charge on any atom is -0.477 e. The summed E-state index contributed by atoms with van der Waals surface area (Å²) in [6, 6.07) is -0.309. The van der Waals surface area contributed by atoms with Gasteiger partial charge in [-0.25, -0.2) is 4.79 Å². The van der Waals surface area contributed by atoms with E-state index in [4.69, 9.17) is 5.41 Å². The maximum absolute atomic E-state index is 12.3. The first kappa shape index (κ1) is 19.8. The molecule has 0 aromatic carbocycles. The van der Waals surface area contributed by atoms with Crippen molar-refractivity contribution in [2.24, 2.45) is 11.8 Å². The number of β-amino-alcohol motifs (C(OH)–C–C–N with tert-alkyl or cyclic N) is 1. The van der Waals surface area contributed by atoms with Crippen LogP contribution in [0.3, 0.4) is 0 Å². The van der Waals surface area contributed by atoms with E-state index in [1.54, 1.807) is 11.8 Å². The van der Waals surface area contributed by atoms with Crippen LogP contribution >= 0.6 is 0 Å². The van der Waals surface area contributed by atoms with E-state index in [0.29, 0.717) is 44.6 Å². The molecule has 4 rings (SSSR count). The molecule has 0 bridgehead atoms. The fourth-order valence-corrected chi connectivity index (χ4v) is 4.98. The lowest BCUT2D eigenvalue weighted by molar-refractivity contribution is -0.161. The van der Waals surface area contributed by atoms with E-state index in [1.807, 2.05) is 0 Å². The van der Waals surface area contributed by atoms with Crippen LogP contribution in [-0.4, -0.2) is 98.1 Å². The summed E-state index contributed by atoms with van der Waals surface area (Å²) in [5.41, 5.74) is 0.729. The normalized spacial score (nSPS) is 30.2. The van der Waals surface area contributed by atoms with Crippen molar-refractivity contribution in [3.63, 3.8) is 0 Å². The highest BCUT2D eigenvalue weighted by molar-refractivity contribution is 6.00. The largest absolute Gasteiger partial charge is 0.477 e. The summed E-state index contributed by atoms with van der Waals surface area (Å²) < 4.78 is 0. The topological polar surface area (TPSA) is 145 Å². The zero-order chi connectivity index (χ0) is 21.0. The van der Waals surface area contributed by atoms with E-state index in [-0.39, 0.29) is 41.7 Å². The van der Waals surface area contributed by atoms with E-state index < -0.39 is 24.1 Å². The molecule has 29 heavy (non-hydrogen) atoms. The first-order chi connectivity index (χ1) is 13.7. The Hall–Kier alpha value is -2.46. The Morgan fingerprint density at radius 2 is 1.93 bits per heavy atom. The number of β-lactam (4-membered cyclic amide) rings is 1. The van der Waals surface area contributed by atoms with E-state index in [0.717, 1.165) is 0 Å². The average molecular weight is 406 g/mol. The second kappa shape index (κ2) is 7.10. The van der Waals surface area contributed by atoms with Gasteiger partial charge in [0, 0.05) is 32.1 Å². The molecule has 0 unspecified atom stereocenters. The molecule has 0 saturated carbocycles. The number of aliphatic carboxylic acids is 1. The molecule has 158 valence electrons. The zero-order valence-corrected chi connectivity index (χ0v) is 16.2. The lowest BCUT2D eigenvalue weighted by atomic mass is 9.82. The van der Waals surface area contributed by atoms with Gasteiger partial charge >= 0.3 is 5.97 Å². The van der Waals surface area contributed by atoms with Crippen molar-refractivity contribution in [2.45, 2.75) is 44.4 Å². The second-order valence-corrected chi connectivity index (χ2v) is 8.43. The van der Waals surface area contributed by atoms with Gasteiger partial charge in [0.1, 0.15) is 11.5 Å². The fraction of sp³-hybridized carbons (Fsp3) is 0.684. The predicted molar refractivity (Wildman–Crippen MR) is 99.7 cm³/mol. The Morgan fingerprint density at radius 3 is 2.52 bits per heavy atom. The van der Waals surface area contributed by atoms with Crippen LogP contribution in [0.2, 0.25) is 0 Å². The number of amides is 2. The van der Waals surface area contributed by atoms with Crippen molar-refractivity contribution in [1.82, 2.24) is 14.7 Å². The van der Waals surface area contributed by atoms with Gasteiger partial charge in [-0.05, 0) is 25.3 Å². The number of carbonyl (C=O) groups is 3. The van der Waals surface area contributed by atoms with Crippen molar-refractivity contribution in [3.05, 3.63) is 11.3 Å². The van der Waals surface area contributed by atoms with Crippen LogP contribution in [0.25, 0.3) is 0 Å². The molecule has 3 fully saturated rings. The molecule has 10 nitrogen and oxygen atoms in total. The Balaban J connectivity index is 1.42. The molecule has 2 amide bonds. The monoisotopic (exact) mass is 406 g/mol. The number of carboxylic acid groups (broad SMARTS) is 1. The number of nitrogens with one attached hydrogen (secondary N) is 1. The Bertz CT molecular complexity index is 803. The third-order valence-corrected chi connectivity index (χ3v) is 6.56. The molecule has 10 heteroatoms. The number of hydrogen-bond acceptors (Lipinski definition) is 6. The van der Waals surface area contributed by atoms with Gasteiger partial charge in [0.15, 0.2) is 0 Å². The van der Waals surface area contributed by atoms with Gasteiger partial charge in [-0.1, -0.05) is 0 Å². The number of nitrogens with zero attached hydrogens (tertiary/aromatic N) is 3. The minimum absolute atomic E-state index is 0.0286. The first-order valence-electron chi connectivity index (χ1n) is 9.94. The molecule has 4 aliphatic rings. The summed E-state index contributed by atoms with van der Waals surface area (Å²) in [4.78, 5) is 40.9. The summed E-state index contributed by atoms with van der Waals surface area (Å²) in [5.74, 6) is -2.15. The van der Waals surface area contributed by atoms with E-state index >= 15 is 0 Å². The molecule has 0 spiro atoms. The first-order valence-corrected chi connectivity index (χ1v) is 9.94. The average Bonchev–Trinajstić information content (AvgIpc) is 3.21. The lowest BCUT2D eigenvalue weighted by Crippen LogP contribution is -2.61. The molecular weight excluding hydrogens is 380 g/mol. The Labute approximate surface area is 167 Å². The third-order valence-electron chi connectivity index (χ3n) is 6.56.